The van der Waals surface area contributed by atoms with Gasteiger partial charge in [0.2, 0.25) is 0 Å². The average Bonchev–Trinajstić information content (AvgIpc) is 3.05. The number of rotatable bonds is 5. The molecule has 0 unspecified atom stereocenters. The zero-order chi connectivity index (χ0) is 15.9. The predicted octanol–water partition coefficient (Wildman–Crippen LogP) is -0.101. The van der Waals surface area contributed by atoms with Gasteiger partial charge in [-0.2, -0.15) is 5.10 Å². The summed E-state index contributed by atoms with van der Waals surface area (Å²) in [5.74, 6) is 1.27. The lowest BCUT2D eigenvalue weighted by Crippen LogP contribution is -2.42. The van der Waals surface area contributed by atoms with Crippen LogP contribution in [0.5, 0.6) is 0 Å². The second kappa shape index (κ2) is 8.09. The molecule has 126 valence electrons. The molecule has 3 rings (SSSR count). The Balaban J connectivity index is 1.44. The van der Waals surface area contributed by atoms with Crippen molar-refractivity contribution in [1.29, 1.82) is 0 Å². The van der Waals surface area contributed by atoms with Crippen LogP contribution < -0.4 is 10.3 Å². The van der Waals surface area contributed by atoms with E-state index in [4.69, 9.17) is 13.9 Å². The molecule has 1 N–H and O–H groups in total. The molecule has 0 aliphatic carbocycles. The van der Waals surface area contributed by atoms with Gasteiger partial charge in [-0.3, -0.25) is 9.69 Å². The van der Waals surface area contributed by atoms with Crippen LogP contribution in [0.2, 0.25) is 0 Å². The average molecular weight is 322 g/mol. The van der Waals surface area contributed by atoms with Gasteiger partial charge in [0.25, 0.3) is 5.91 Å². The van der Waals surface area contributed by atoms with Crippen molar-refractivity contribution in [3.63, 3.8) is 0 Å². The highest BCUT2D eigenvalue weighted by molar-refractivity contribution is 5.81. The van der Waals surface area contributed by atoms with Crippen LogP contribution in [0.25, 0.3) is 0 Å². The number of hydrogen-bond acceptors (Lipinski definition) is 7. The Morgan fingerprint density at radius 1 is 1.13 bits per heavy atom. The van der Waals surface area contributed by atoms with Crippen LogP contribution >= 0.6 is 0 Å². The van der Waals surface area contributed by atoms with Gasteiger partial charge in [-0.05, 0) is 6.07 Å². The predicted molar refractivity (Wildman–Crippen MR) is 84.7 cm³/mol. The lowest BCUT2D eigenvalue weighted by molar-refractivity contribution is -0.123. The number of ether oxygens (including phenoxy) is 2. The molecule has 3 heterocycles. The van der Waals surface area contributed by atoms with E-state index in [0.717, 1.165) is 32.1 Å². The second-order valence-corrected chi connectivity index (χ2v) is 5.46. The first-order chi connectivity index (χ1) is 11.3. The summed E-state index contributed by atoms with van der Waals surface area (Å²) in [6.45, 7) is 6.29. The molecule has 8 heteroatoms. The van der Waals surface area contributed by atoms with Crippen LogP contribution in [0, 0.1) is 0 Å². The number of carbonyl (C=O) groups is 1. The van der Waals surface area contributed by atoms with Crippen molar-refractivity contribution < 1.29 is 18.7 Å². The molecule has 0 atom stereocenters. The molecule has 0 aromatic carbocycles. The van der Waals surface area contributed by atoms with Crippen molar-refractivity contribution in [2.75, 3.05) is 64.1 Å². The van der Waals surface area contributed by atoms with Crippen molar-refractivity contribution in [2.24, 2.45) is 5.10 Å². The number of anilines is 1. The number of morpholine rings is 2. The van der Waals surface area contributed by atoms with E-state index in [1.165, 1.54) is 6.21 Å². The monoisotopic (exact) mass is 322 g/mol. The highest BCUT2D eigenvalue weighted by Gasteiger charge is 2.15. The summed E-state index contributed by atoms with van der Waals surface area (Å²) in [5, 5.41) is 3.95. The number of hydrazone groups is 1. The van der Waals surface area contributed by atoms with Crippen molar-refractivity contribution in [1.82, 2.24) is 10.3 Å². The maximum atomic E-state index is 11.8. The molecule has 2 aliphatic heterocycles. The number of nitrogens with zero attached hydrogens (tertiary/aromatic N) is 3. The molecule has 2 aliphatic rings. The molecule has 1 aromatic heterocycles. The van der Waals surface area contributed by atoms with Crippen molar-refractivity contribution in [3.8, 4) is 0 Å². The number of carbonyl (C=O) groups excluding carboxylic acids is 1. The zero-order valence-electron chi connectivity index (χ0n) is 13.1. The maximum Gasteiger partial charge on any atom is 0.254 e. The summed E-state index contributed by atoms with van der Waals surface area (Å²) < 4.78 is 16.3. The van der Waals surface area contributed by atoms with Crippen LogP contribution in [0.3, 0.4) is 0 Å². The highest BCUT2D eigenvalue weighted by Crippen LogP contribution is 2.18. The Hall–Kier alpha value is -1.90. The van der Waals surface area contributed by atoms with Crippen molar-refractivity contribution in [3.05, 3.63) is 17.9 Å². The standard InChI is InChI=1S/C15H22N4O4/c20-14(12-18-3-7-21-8-4-18)17-16-11-13-1-2-15(23-13)19-5-9-22-10-6-19/h1-2,11H,3-10,12H2,(H,17,20)/b16-11+. The van der Waals surface area contributed by atoms with Crippen LogP contribution in [-0.2, 0) is 14.3 Å². The molecule has 8 nitrogen and oxygen atoms in total. The third kappa shape index (κ3) is 4.78. The first kappa shape index (κ1) is 16.0. The fourth-order valence-corrected chi connectivity index (χ4v) is 2.53. The van der Waals surface area contributed by atoms with Crippen LogP contribution in [0.1, 0.15) is 5.76 Å². The van der Waals surface area contributed by atoms with Gasteiger partial charge in [-0.15, -0.1) is 0 Å². The number of nitrogens with one attached hydrogen (secondary N) is 1. The first-order valence-corrected chi connectivity index (χ1v) is 7.86. The van der Waals surface area contributed by atoms with Gasteiger partial charge in [0.05, 0.1) is 39.2 Å². The minimum atomic E-state index is -0.136. The maximum absolute atomic E-state index is 11.8. The van der Waals surface area contributed by atoms with Gasteiger partial charge in [-0.1, -0.05) is 0 Å². The van der Waals surface area contributed by atoms with E-state index in [0.29, 0.717) is 38.7 Å². The van der Waals surface area contributed by atoms with E-state index in [1.54, 1.807) is 0 Å². The fraction of sp³-hybridized carbons (Fsp3) is 0.600. The molecule has 2 fully saturated rings. The Morgan fingerprint density at radius 3 is 2.57 bits per heavy atom. The quantitative estimate of drug-likeness (QED) is 0.602. The van der Waals surface area contributed by atoms with E-state index in [9.17, 15) is 4.79 Å². The van der Waals surface area contributed by atoms with Gasteiger partial charge >= 0.3 is 0 Å². The summed E-state index contributed by atoms with van der Waals surface area (Å²) in [6, 6.07) is 3.74. The number of furan rings is 1. The van der Waals surface area contributed by atoms with E-state index in [2.05, 4.69) is 15.4 Å². The lowest BCUT2D eigenvalue weighted by Gasteiger charge is -2.26. The fourth-order valence-electron chi connectivity index (χ4n) is 2.53. The van der Waals surface area contributed by atoms with Gasteiger partial charge in [0, 0.05) is 32.2 Å². The third-order valence-corrected chi connectivity index (χ3v) is 3.79. The molecule has 1 aromatic rings. The number of amides is 1. The van der Waals surface area contributed by atoms with E-state index < -0.39 is 0 Å². The van der Waals surface area contributed by atoms with E-state index in [-0.39, 0.29) is 5.91 Å². The Kier molecular flexibility index (Phi) is 5.62. The normalized spacial score (nSPS) is 20.1. The van der Waals surface area contributed by atoms with Gasteiger partial charge in [0.15, 0.2) is 5.88 Å². The Labute approximate surface area is 135 Å². The molecule has 0 saturated carbocycles. The Morgan fingerprint density at radius 2 is 1.83 bits per heavy atom. The SMILES string of the molecule is O=C(CN1CCOCC1)N/N=C/c1ccc(N2CCOCC2)o1. The molecule has 23 heavy (non-hydrogen) atoms. The lowest BCUT2D eigenvalue weighted by atomic mass is 10.4. The minimum Gasteiger partial charge on any atom is -0.440 e. The third-order valence-electron chi connectivity index (χ3n) is 3.79. The van der Waals surface area contributed by atoms with Crippen LogP contribution in [0.4, 0.5) is 5.88 Å². The van der Waals surface area contributed by atoms with Crippen LogP contribution in [0.15, 0.2) is 21.7 Å². The minimum absolute atomic E-state index is 0.136. The molecular formula is C15H22N4O4. The van der Waals surface area contributed by atoms with Gasteiger partial charge < -0.3 is 18.8 Å². The molecule has 0 bridgehead atoms. The van der Waals surface area contributed by atoms with Crippen molar-refractivity contribution >= 4 is 18.0 Å². The largest absolute Gasteiger partial charge is 0.440 e. The van der Waals surface area contributed by atoms with E-state index in [1.807, 2.05) is 17.0 Å². The zero-order valence-corrected chi connectivity index (χ0v) is 13.1. The van der Waals surface area contributed by atoms with Gasteiger partial charge in [0.1, 0.15) is 5.76 Å². The summed E-state index contributed by atoms with van der Waals surface area (Å²) in [5.41, 5.74) is 2.52. The molecule has 0 radical (unpaired) electrons. The summed E-state index contributed by atoms with van der Waals surface area (Å²) in [6.07, 6.45) is 1.52. The first-order valence-electron chi connectivity index (χ1n) is 7.86. The van der Waals surface area contributed by atoms with Gasteiger partial charge in [-0.25, -0.2) is 5.43 Å². The van der Waals surface area contributed by atoms with E-state index >= 15 is 0 Å². The second-order valence-electron chi connectivity index (χ2n) is 5.46. The Bertz CT molecular complexity index is 533. The molecule has 2 saturated heterocycles. The summed E-state index contributed by atoms with van der Waals surface area (Å²) >= 11 is 0. The molecule has 0 spiro atoms. The van der Waals surface area contributed by atoms with Crippen LogP contribution in [-0.4, -0.2) is 76.2 Å². The summed E-state index contributed by atoms with van der Waals surface area (Å²) in [7, 11) is 0. The molecular weight excluding hydrogens is 300 g/mol. The smallest absolute Gasteiger partial charge is 0.254 e. The molecule has 1 amide bonds. The topological polar surface area (TPSA) is 79.5 Å². The number of hydrogen-bond donors (Lipinski definition) is 1. The highest BCUT2D eigenvalue weighted by atomic mass is 16.5. The summed E-state index contributed by atoms with van der Waals surface area (Å²) in [4.78, 5) is 16.0. The van der Waals surface area contributed by atoms with Crippen molar-refractivity contribution in [2.45, 2.75) is 0 Å².